The summed E-state index contributed by atoms with van der Waals surface area (Å²) < 4.78 is 45.9. The number of hydrogen-bond donors (Lipinski definition) is 1. The lowest BCUT2D eigenvalue weighted by molar-refractivity contribution is -0.134. The smallest absolute Gasteiger partial charge is 0.387 e. The Balaban J connectivity index is 1.04. The normalized spacial score (nSPS) is 17.6. The van der Waals surface area contributed by atoms with E-state index in [4.69, 9.17) is 19.3 Å². The maximum Gasteiger partial charge on any atom is 0.387 e. The molecule has 278 valence electrons. The van der Waals surface area contributed by atoms with E-state index in [9.17, 15) is 18.4 Å². The third-order valence-electron chi connectivity index (χ3n) is 9.90. The van der Waals surface area contributed by atoms with Gasteiger partial charge in [0.2, 0.25) is 5.91 Å². The molecule has 7 rings (SSSR count). The van der Waals surface area contributed by atoms with Gasteiger partial charge in [-0.05, 0) is 43.4 Å². The fourth-order valence-corrected chi connectivity index (χ4v) is 7.44. The first-order chi connectivity index (χ1) is 25.4. The first-order valence-electron chi connectivity index (χ1n) is 17.6. The van der Waals surface area contributed by atoms with Crippen molar-refractivity contribution in [3.05, 3.63) is 54.6 Å². The second-order valence-corrected chi connectivity index (χ2v) is 13.9. The van der Waals surface area contributed by atoms with Crippen LogP contribution < -0.4 is 10.1 Å². The van der Waals surface area contributed by atoms with Crippen molar-refractivity contribution in [2.45, 2.75) is 49.4 Å². The SMILES string of the molecule is CSc1ccc(OC(F)F)c(-c2nn(CCC(=O)N3CCC(N(CCN4CCOCC4)C4COC4)CC3)cc2NC(=O)c2cnn3cccnc23)c1. The van der Waals surface area contributed by atoms with Gasteiger partial charge in [0.15, 0.2) is 5.65 Å². The number of morpholine rings is 1. The van der Waals surface area contributed by atoms with Gasteiger partial charge < -0.3 is 24.4 Å². The lowest BCUT2D eigenvalue weighted by Crippen LogP contribution is -2.58. The van der Waals surface area contributed by atoms with Gasteiger partial charge in [0.05, 0.1) is 44.4 Å². The number of aromatic nitrogens is 5. The number of nitrogens with zero attached hydrogens (tertiary/aromatic N) is 8. The maximum atomic E-state index is 13.5. The molecule has 3 aliphatic rings. The molecule has 1 aromatic carbocycles. The Kier molecular flexibility index (Phi) is 11.6. The molecule has 6 heterocycles. The van der Waals surface area contributed by atoms with E-state index in [1.165, 1.54) is 28.5 Å². The second-order valence-electron chi connectivity index (χ2n) is 13.0. The van der Waals surface area contributed by atoms with Crippen LogP contribution in [0.5, 0.6) is 5.75 Å². The number of alkyl halides is 2. The zero-order chi connectivity index (χ0) is 36.0. The molecule has 14 nitrogen and oxygen atoms in total. The van der Waals surface area contributed by atoms with Crippen molar-refractivity contribution in [2.75, 3.05) is 77.3 Å². The Morgan fingerprint density at radius 2 is 1.90 bits per heavy atom. The van der Waals surface area contributed by atoms with Gasteiger partial charge in [-0.2, -0.15) is 19.0 Å². The molecule has 0 unspecified atom stereocenters. The second kappa shape index (κ2) is 16.7. The first kappa shape index (κ1) is 36.2. The molecule has 1 N–H and O–H groups in total. The molecular formula is C35H43F2N9O5S. The van der Waals surface area contributed by atoms with E-state index < -0.39 is 12.5 Å². The van der Waals surface area contributed by atoms with Crippen molar-refractivity contribution in [3.63, 3.8) is 0 Å². The third-order valence-corrected chi connectivity index (χ3v) is 10.6. The predicted octanol–water partition coefficient (Wildman–Crippen LogP) is 3.58. The van der Waals surface area contributed by atoms with Crippen molar-refractivity contribution in [1.29, 1.82) is 0 Å². The maximum absolute atomic E-state index is 13.5. The Morgan fingerprint density at radius 3 is 2.63 bits per heavy atom. The van der Waals surface area contributed by atoms with Crippen LogP contribution in [-0.2, 0) is 20.8 Å². The average molecular weight is 740 g/mol. The number of aryl methyl sites for hydroxylation is 1. The molecule has 3 saturated heterocycles. The number of anilines is 1. The number of carbonyl (C=O) groups excluding carboxylic acids is 2. The van der Waals surface area contributed by atoms with Crippen LogP contribution >= 0.6 is 11.8 Å². The van der Waals surface area contributed by atoms with E-state index in [0.29, 0.717) is 30.8 Å². The summed E-state index contributed by atoms with van der Waals surface area (Å²) in [5.74, 6) is -0.577. The molecule has 4 aromatic rings. The summed E-state index contributed by atoms with van der Waals surface area (Å²) in [5, 5.41) is 11.8. The van der Waals surface area contributed by atoms with Crippen LogP contribution in [0.25, 0.3) is 16.9 Å². The van der Waals surface area contributed by atoms with E-state index in [1.807, 2.05) is 11.2 Å². The fourth-order valence-electron chi connectivity index (χ4n) is 7.00. The molecule has 0 bridgehead atoms. The highest BCUT2D eigenvalue weighted by atomic mass is 32.2. The van der Waals surface area contributed by atoms with Gasteiger partial charge in [-0.3, -0.25) is 24.1 Å². The van der Waals surface area contributed by atoms with Crippen molar-refractivity contribution in [2.24, 2.45) is 0 Å². The average Bonchev–Trinajstić information content (AvgIpc) is 3.76. The molecule has 52 heavy (non-hydrogen) atoms. The summed E-state index contributed by atoms with van der Waals surface area (Å²) >= 11 is 1.43. The number of benzene rings is 1. The van der Waals surface area contributed by atoms with Crippen LogP contribution in [0, 0.1) is 0 Å². The number of rotatable bonds is 14. The van der Waals surface area contributed by atoms with Crippen molar-refractivity contribution in [3.8, 4) is 17.0 Å². The van der Waals surface area contributed by atoms with Crippen LogP contribution in [0.1, 0.15) is 29.6 Å². The standard InChI is InChI=1S/C35H43F2N9O5S/c1-52-26-3-4-30(51-35(36)37)27(19-26)32-29(40-34(48)28-20-39-46-9-2-8-38-33(28)46)21-44(41-32)12-7-31(47)43-10-5-24(6-11-43)45(25-22-50-23-25)14-13-42-15-17-49-18-16-42/h2-4,8-9,19-21,24-25,35H,5-7,10-18,22-23H2,1H3,(H,40,48). The topological polar surface area (TPSA) is 132 Å². The summed E-state index contributed by atoms with van der Waals surface area (Å²) in [6.45, 7) is 5.46. The molecule has 3 aromatic heterocycles. The lowest BCUT2D eigenvalue weighted by Gasteiger charge is -2.46. The summed E-state index contributed by atoms with van der Waals surface area (Å²) in [4.78, 5) is 39.0. The van der Waals surface area contributed by atoms with Gasteiger partial charge in [0.25, 0.3) is 5.91 Å². The quantitative estimate of drug-likeness (QED) is 0.191. The minimum Gasteiger partial charge on any atom is -0.434 e. The minimum atomic E-state index is -3.07. The Hall–Kier alpha value is -4.16. The van der Waals surface area contributed by atoms with Crippen molar-refractivity contribution >= 4 is 34.9 Å². The van der Waals surface area contributed by atoms with Crippen LogP contribution in [-0.4, -0.2) is 142 Å². The molecule has 3 fully saturated rings. The van der Waals surface area contributed by atoms with Crippen molar-refractivity contribution < 1.29 is 32.6 Å². The van der Waals surface area contributed by atoms with E-state index in [1.54, 1.807) is 41.5 Å². The lowest BCUT2D eigenvalue weighted by atomic mass is 10.00. The summed E-state index contributed by atoms with van der Waals surface area (Å²) in [5.41, 5.74) is 1.36. The molecule has 0 aliphatic carbocycles. The highest BCUT2D eigenvalue weighted by molar-refractivity contribution is 7.98. The largest absolute Gasteiger partial charge is 0.434 e. The molecule has 0 radical (unpaired) electrons. The van der Waals surface area contributed by atoms with E-state index in [0.717, 1.165) is 70.3 Å². The fraction of sp³-hybridized carbons (Fsp3) is 0.514. The Morgan fingerprint density at radius 1 is 1.10 bits per heavy atom. The summed E-state index contributed by atoms with van der Waals surface area (Å²) in [6, 6.07) is 7.34. The van der Waals surface area contributed by atoms with Gasteiger partial charge in [0.1, 0.15) is 17.0 Å². The molecular weight excluding hydrogens is 697 g/mol. The zero-order valence-electron chi connectivity index (χ0n) is 29.0. The van der Waals surface area contributed by atoms with E-state index in [-0.39, 0.29) is 47.1 Å². The zero-order valence-corrected chi connectivity index (χ0v) is 29.8. The molecule has 0 saturated carbocycles. The predicted molar refractivity (Wildman–Crippen MR) is 190 cm³/mol. The van der Waals surface area contributed by atoms with E-state index >= 15 is 0 Å². The van der Waals surface area contributed by atoms with Gasteiger partial charge in [-0.25, -0.2) is 9.50 Å². The third kappa shape index (κ3) is 8.39. The number of halogens is 2. The molecule has 3 aliphatic heterocycles. The van der Waals surface area contributed by atoms with E-state index in [2.05, 4.69) is 25.2 Å². The van der Waals surface area contributed by atoms with Crippen LogP contribution in [0.4, 0.5) is 14.5 Å². The highest BCUT2D eigenvalue weighted by Crippen LogP contribution is 2.38. The van der Waals surface area contributed by atoms with Crippen LogP contribution in [0.2, 0.25) is 0 Å². The molecule has 17 heteroatoms. The Bertz CT molecular complexity index is 1840. The summed E-state index contributed by atoms with van der Waals surface area (Å²) in [7, 11) is 0. The van der Waals surface area contributed by atoms with Crippen LogP contribution in [0.15, 0.2) is 53.9 Å². The van der Waals surface area contributed by atoms with Gasteiger partial charge in [0, 0.05) is 87.3 Å². The number of ether oxygens (including phenoxy) is 3. The molecule has 0 spiro atoms. The number of thioether (sulfide) groups is 1. The summed E-state index contributed by atoms with van der Waals surface area (Å²) in [6.07, 6.45) is 10.1. The number of nitrogens with one attached hydrogen (secondary N) is 1. The number of amides is 2. The molecule has 0 atom stereocenters. The number of piperidine rings is 1. The minimum absolute atomic E-state index is 0.0106. The number of carbonyl (C=O) groups is 2. The van der Waals surface area contributed by atoms with Crippen molar-refractivity contribution in [1.82, 2.24) is 39.1 Å². The Labute approximate surface area is 304 Å². The molecule has 2 amide bonds. The first-order valence-corrected chi connectivity index (χ1v) is 18.8. The van der Waals surface area contributed by atoms with Gasteiger partial charge >= 0.3 is 6.61 Å². The van der Waals surface area contributed by atoms with Gasteiger partial charge in [-0.1, -0.05) is 0 Å². The monoisotopic (exact) mass is 739 g/mol. The van der Waals surface area contributed by atoms with Gasteiger partial charge in [-0.15, -0.1) is 11.8 Å². The number of fused-ring (bicyclic) bond motifs is 1. The van der Waals surface area contributed by atoms with Crippen LogP contribution in [0.3, 0.4) is 0 Å². The number of likely N-dealkylation sites (tertiary alicyclic amines) is 1. The highest BCUT2D eigenvalue weighted by Gasteiger charge is 2.34. The number of hydrogen-bond acceptors (Lipinski definition) is 11.